The Morgan fingerprint density at radius 1 is 0.691 bits per heavy atom. The van der Waals surface area contributed by atoms with Crippen molar-refractivity contribution in [1.29, 1.82) is 0 Å². The van der Waals surface area contributed by atoms with Crippen molar-refractivity contribution in [2.24, 2.45) is 0 Å². The molecule has 0 radical (unpaired) electrons. The maximum atomic E-state index is 12.9. The van der Waals surface area contributed by atoms with Gasteiger partial charge in [0.05, 0.1) is 13.2 Å². The Labute approximate surface area is 405 Å². The van der Waals surface area contributed by atoms with E-state index in [0.29, 0.717) is 12.8 Å². The lowest BCUT2D eigenvalue weighted by Gasteiger charge is -2.21. The molecule has 2 heterocycles. The predicted octanol–water partition coefficient (Wildman–Crippen LogP) is 10.4. The topological polar surface area (TPSA) is 265 Å². The van der Waals surface area contributed by atoms with Crippen LogP contribution in [0.5, 0.6) is 0 Å². The van der Waals surface area contributed by atoms with Gasteiger partial charge in [0.2, 0.25) is 0 Å². The Hall–Kier alpha value is -2.50. The number of carbonyl (C=O) groups excluding carboxylic acids is 2. The second kappa shape index (κ2) is 37.3. The highest BCUT2D eigenvalue weighted by atomic mass is 31.3. The number of unbranched alkanes of at least 4 members (excludes halogenated alkanes) is 25. The van der Waals surface area contributed by atoms with Crippen LogP contribution < -0.4 is 11.4 Å². The van der Waals surface area contributed by atoms with Gasteiger partial charge in [-0.25, -0.2) is 13.9 Å². The molecule has 7 atom stereocenters. The molecule has 1 aromatic rings. The number of ether oxygens (including phenoxy) is 3. The van der Waals surface area contributed by atoms with Gasteiger partial charge >= 0.3 is 33.3 Å². The van der Waals surface area contributed by atoms with E-state index in [0.717, 1.165) is 81.6 Å². The first-order chi connectivity index (χ1) is 32.7. The molecule has 18 nitrogen and oxygen atoms in total. The van der Waals surface area contributed by atoms with Crippen LogP contribution in [0.3, 0.4) is 0 Å². The zero-order valence-electron chi connectivity index (χ0n) is 41.2. The summed E-state index contributed by atoms with van der Waals surface area (Å²) >= 11 is 0. The molecule has 0 amide bonds. The Morgan fingerprint density at radius 2 is 1.15 bits per heavy atom. The van der Waals surface area contributed by atoms with E-state index in [1.54, 1.807) is 0 Å². The van der Waals surface area contributed by atoms with Crippen LogP contribution >= 0.6 is 15.6 Å². The summed E-state index contributed by atoms with van der Waals surface area (Å²) < 4.78 is 56.8. The number of carbonyl (C=O) groups is 2. The first-order valence-electron chi connectivity index (χ1n) is 25.7. The number of rotatable bonds is 43. The minimum atomic E-state index is -5.42. The van der Waals surface area contributed by atoms with E-state index >= 15 is 0 Å². The minimum Gasteiger partial charge on any atom is -0.462 e. The van der Waals surface area contributed by atoms with E-state index in [2.05, 4.69) is 35.3 Å². The molecule has 2 rings (SSSR count). The van der Waals surface area contributed by atoms with Gasteiger partial charge in [0.25, 0.3) is 0 Å². The third-order valence-corrected chi connectivity index (χ3v) is 14.5. The summed E-state index contributed by atoms with van der Waals surface area (Å²) in [6.45, 7) is 2.16. The molecule has 0 aromatic carbocycles. The summed E-state index contributed by atoms with van der Waals surface area (Å²) in [5.41, 5.74) is 4.59. The molecule has 1 aromatic heterocycles. The molecule has 0 spiro atoms. The van der Waals surface area contributed by atoms with Gasteiger partial charge in [-0.1, -0.05) is 167 Å². The van der Waals surface area contributed by atoms with E-state index in [1.165, 1.54) is 102 Å². The lowest BCUT2D eigenvalue weighted by atomic mass is 10.0. The van der Waals surface area contributed by atoms with Crippen LogP contribution in [0, 0.1) is 0 Å². The number of aliphatic hydroxyl groups is 2. The molecule has 3 unspecified atom stereocenters. The highest BCUT2D eigenvalue weighted by molar-refractivity contribution is 7.61. The Morgan fingerprint density at radius 3 is 1.66 bits per heavy atom. The molecule has 0 aliphatic carbocycles. The number of phosphoric acid groups is 2. The van der Waals surface area contributed by atoms with Crippen LogP contribution in [-0.4, -0.2) is 85.7 Å². The van der Waals surface area contributed by atoms with Gasteiger partial charge in [0.15, 0.2) is 12.3 Å². The number of hydrogen-bond acceptors (Lipinski definition) is 15. The van der Waals surface area contributed by atoms with Gasteiger partial charge in [0, 0.05) is 19.0 Å². The number of allylic oxidation sites excluding steroid dienone is 2. The third-order valence-electron chi connectivity index (χ3n) is 11.9. The average Bonchev–Trinajstić information content (AvgIpc) is 3.57. The van der Waals surface area contributed by atoms with Crippen LogP contribution in [-0.2, 0) is 46.3 Å². The number of hydrogen-bond donors (Lipinski definition) is 5. The molecule has 68 heavy (non-hydrogen) atoms. The van der Waals surface area contributed by atoms with Gasteiger partial charge in [-0.3, -0.25) is 23.2 Å². The maximum Gasteiger partial charge on any atom is 0.481 e. The number of nitrogens with zero attached hydrogens (tertiary/aromatic N) is 2. The molecule has 1 fully saturated rings. The maximum absolute atomic E-state index is 12.9. The molecule has 6 N–H and O–H groups in total. The average molecular weight is 1010 g/mol. The number of aliphatic hydroxyl groups excluding tert-OH is 2. The molecule has 1 aliphatic heterocycles. The van der Waals surface area contributed by atoms with E-state index < -0.39 is 83.7 Å². The molecule has 0 bridgehead atoms. The highest BCUT2D eigenvalue weighted by Gasteiger charge is 2.46. The van der Waals surface area contributed by atoms with Gasteiger partial charge in [-0.2, -0.15) is 9.29 Å². The first kappa shape index (κ1) is 61.6. The Balaban J connectivity index is 1.79. The summed E-state index contributed by atoms with van der Waals surface area (Å²) in [5.74, 6) is -1.29. The molecule has 394 valence electrons. The lowest BCUT2D eigenvalue weighted by Crippen LogP contribution is -2.36. The molecular weight excluding hydrogens is 920 g/mol. The van der Waals surface area contributed by atoms with Crippen molar-refractivity contribution < 1.29 is 66.3 Å². The predicted molar refractivity (Wildman–Crippen MR) is 261 cm³/mol. The Kier molecular flexibility index (Phi) is 33.8. The van der Waals surface area contributed by atoms with Crippen molar-refractivity contribution in [1.82, 2.24) is 9.55 Å². The highest BCUT2D eigenvalue weighted by Crippen LogP contribution is 2.60. The first-order valence-corrected chi connectivity index (χ1v) is 28.7. The summed E-state index contributed by atoms with van der Waals surface area (Å²) in [5, 5.41) is 20.9. The van der Waals surface area contributed by atoms with Crippen molar-refractivity contribution in [3.63, 3.8) is 0 Å². The van der Waals surface area contributed by atoms with E-state index in [1.807, 2.05) is 0 Å². The summed E-state index contributed by atoms with van der Waals surface area (Å²) in [4.78, 5) is 61.9. The fourth-order valence-electron chi connectivity index (χ4n) is 7.84. The van der Waals surface area contributed by atoms with Crippen LogP contribution in [0.15, 0.2) is 29.2 Å². The zero-order chi connectivity index (χ0) is 49.9. The van der Waals surface area contributed by atoms with Gasteiger partial charge < -0.3 is 39.9 Å². The fraction of sp³-hybridized carbons (Fsp3) is 0.833. The molecule has 1 aliphatic rings. The standard InChI is InChI=1S/C48H87N3O15P2/c1-3-5-7-9-11-13-15-17-19-21-23-25-27-29-31-33-43(52)61-37-40(64-44(53)34-32-30-28-26-24-22-20-18-16-14-12-10-8-6-4-2)38-62-67(57,58)66-68(59,60)63-39-41-45(54)46(55)47(65-41)51-36-35-42(49)50-48(51)56/h14,16,35-36,40-41,45-47,54-55H,3-13,15,17-34,37-39H2,1-2H3,(H,57,58)(H,59,60)(H2,49,50,56)/b16-14-/t40-,41-,45+,46?,47-/m1/s1. The van der Waals surface area contributed by atoms with Crippen molar-refractivity contribution in [2.75, 3.05) is 25.6 Å². The largest absolute Gasteiger partial charge is 0.481 e. The van der Waals surface area contributed by atoms with Crippen LogP contribution in [0.4, 0.5) is 5.82 Å². The quantitative estimate of drug-likeness (QED) is 0.0176. The number of nitrogen functional groups attached to an aromatic ring is 1. The van der Waals surface area contributed by atoms with Gasteiger partial charge in [-0.15, -0.1) is 0 Å². The van der Waals surface area contributed by atoms with E-state index in [-0.39, 0.29) is 18.7 Å². The van der Waals surface area contributed by atoms with Gasteiger partial charge in [0.1, 0.15) is 30.7 Å². The summed E-state index contributed by atoms with van der Waals surface area (Å²) in [6, 6.07) is 1.25. The summed E-state index contributed by atoms with van der Waals surface area (Å²) in [6.07, 6.45) is 30.0. The van der Waals surface area contributed by atoms with Crippen LogP contribution in [0.2, 0.25) is 0 Å². The number of aromatic nitrogens is 2. The lowest BCUT2D eigenvalue weighted by molar-refractivity contribution is -0.161. The summed E-state index contributed by atoms with van der Waals surface area (Å²) in [7, 11) is -10.8. The number of nitrogens with two attached hydrogens (primary N) is 1. The van der Waals surface area contributed by atoms with Gasteiger partial charge in [-0.05, 0) is 44.6 Å². The number of phosphoric ester groups is 2. The number of esters is 2. The molecule has 0 saturated carbocycles. The molecule has 1 saturated heterocycles. The Bertz CT molecular complexity index is 1680. The minimum absolute atomic E-state index is 0.0493. The van der Waals surface area contributed by atoms with Crippen molar-refractivity contribution in [3.8, 4) is 0 Å². The SMILES string of the molecule is CCCCCC/C=C\CCCCCCCCCC(=O)O[C@H](COC(=O)CCCCCCCCCCCCCCCCC)COP(=O)(O)OP(=O)(O)OC[C@H]1O[C@@H](n2ccc(N)nc2=O)C(O)[C@H]1O. The number of anilines is 1. The normalized spacial score (nSPS) is 19.5. The van der Waals surface area contributed by atoms with Crippen LogP contribution in [0.1, 0.15) is 213 Å². The van der Waals surface area contributed by atoms with Crippen molar-refractivity contribution in [2.45, 2.75) is 237 Å². The molecular formula is C48H87N3O15P2. The van der Waals surface area contributed by atoms with Crippen LogP contribution in [0.25, 0.3) is 0 Å². The second-order valence-corrected chi connectivity index (χ2v) is 21.1. The second-order valence-electron chi connectivity index (χ2n) is 18.0. The monoisotopic (exact) mass is 1010 g/mol. The molecule has 20 heteroatoms. The third kappa shape index (κ3) is 29.6. The van der Waals surface area contributed by atoms with Crippen molar-refractivity contribution in [3.05, 3.63) is 34.9 Å². The van der Waals surface area contributed by atoms with E-state index in [9.17, 15) is 43.5 Å². The zero-order valence-corrected chi connectivity index (χ0v) is 43.0. The smallest absolute Gasteiger partial charge is 0.462 e. The fourth-order valence-corrected chi connectivity index (χ4v) is 9.95. The van der Waals surface area contributed by atoms with E-state index in [4.69, 9.17) is 29.0 Å². The van der Waals surface area contributed by atoms with Crippen molar-refractivity contribution >= 4 is 33.4 Å².